The normalized spacial score (nSPS) is 10.0. The van der Waals surface area contributed by atoms with Crippen LogP contribution in [0.15, 0.2) is 36.4 Å². The molecule has 0 bridgehead atoms. The van der Waals surface area contributed by atoms with Gasteiger partial charge in [-0.05, 0) is 29.8 Å². The van der Waals surface area contributed by atoms with E-state index in [1.54, 1.807) is 30.3 Å². The minimum Gasteiger partial charge on any atom is -0.497 e. The molecule has 0 fully saturated rings. The minimum absolute atomic E-state index is 0.0382. The summed E-state index contributed by atoms with van der Waals surface area (Å²) in [5, 5.41) is 11.9. The van der Waals surface area contributed by atoms with Crippen molar-refractivity contribution in [2.45, 2.75) is 6.54 Å². The lowest BCUT2D eigenvalue weighted by atomic mass is 10.1. The number of methoxy groups -OCH3 is 3. The summed E-state index contributed by atoms with van der Waals surface area (Å²) in [5.41, 5.74) is 1.03. The highest BCUT2D eigenvalue weighted by Crippen LogP contribution is 2.25. The molecular formula is C18H19NO6. The van der Waals surface area contributed by atoms with Crippen LogP contribution >= 0.6 is 0 Å². The summed E-state index contributed by atoms with van der Waals surface area (Å²) < 4.78 is 15.3. The van der Waals surface area contributed by atoms with Crippen molar-refractivity contribution in [3.63, 3.8) is 0 Å². The first-order valence-electron chi connectivity index (χ1n) is 7.40. The highest BCUT2D eigenvalue weighted by Gasteiger charge is 2.15. The highest BCUT2D eigenvalue weighted by molar-refractivity contribution is 5.97. The van der Waals surface area contributed by atoms with Gasteiger partial charge < -0.3 is 24.6 Å². The Hall–Kier alpha value is -3.22. The summed E-state index contributed by atoms with van der Waals surface area (Å²) in [5.74, 6) is -0.207. The van der Waals surface area contributed by atoms with Gasteiger partial charge in [-0.3, -0.25) is 4.79 Å². The Bertz CT molecular complexity index is 787. The largest absolute Gasteiger partial charge is 0.497 e. The third kappa shape index (κ3) is 4.20. The van der Waals surface area contributed by atoms with Gasteiger partial charge in [-0.15, -0.1) is 0 Å². The van der Waals surface area contributed by atoms with Crippen LogP contribution in [0.25, 0.3) is 0 Å². The molecule has 7 heteroatoms. The Balaban J connectivity index is 2.15. The van der Waals surface area contributed by atoms with Gasteiger partial charge >= 0.3 is 5.97 Å². The van der Waals surface area contributed by atoms with Crippen LogP contribution in [0.1, 0.15) is 26.3 Å². The van der Waals surface area contributed by atoms with E-state index in [2.05, 4.69) is 5.32 Å². The molecule has 2 aromatic rings. The van der Waals surface area contributed by atoms with Crippen molar-refractivity contribution in [2.24, 2.45) is 0 Å². The third-order valence-corrected chi connectivity index (χ3v) is 3.60. The maximum Gasteiger partial charge on any atom is 0.339 e. The number of ether oxygens (including phenoxy) is 3. The van der Waals surface area contributed by atoms with E-state index in [4.69, 9.17) is 14.2 Å². The maximum absolute atomic E-state index is 12.4. The molecule has 0 spiro atoms. The number of carbonyl (C=O) groups excluding carboxylic acids is 1. The molecule has 7 nitrogen and oxygen atoms in total. The first-order chi connectivity index (χ1) is 12.0. The van der Waals surface area contributed by atoms with Gasteiger partial charge in [-0.2, -0.15) is 0 Å². The van der Waals surface area contributed by atoms with Gasteiger partial charge in [0.2, 0.25) is 0 Å². The van der Waals surface area contributed by atoms with Crippen LogP contribution in [-0.4, -0.2) is 38.3 Å². The van der Waals surface area contributed by atoms with Crippen molar-refractivity contribution in [1.82, 2.24) is 5.32 Å². The van der Waals surface area contributed by atoms with Gasteiger partial charge in [0.15, 0.2) is 0 Å². The van der Waals surface area contributed by atoms with Gasteiger partial charge in [0, 0.05) is 12.6 Å². The summed E-state index contributed by atoms with van der Waals surface area (Å²) in [6.45, 7) is 0.165. The van der Waals surface area contributed by atoms with Gasteiger partial charge in [-0.25, -0.2) is 4.79 Å². The minimum atomic E-state index is -1.10. The molecule has 0 aliphatic heterocycles. The number of amides is 1. The van der Waals surface area contributed by atoms with Crippen molar-refractivity contribution >= 4 is 11.9 Å². The average molecular weight is 345 g/mol. The Kier molecular flexibility index (Phi) is 5.84. The zero-order chi connectivity index (χ0) is 18.4. The maximum atomic E-state index is 12.4. The number of carboxylic acids is 1. The van der Waals surface area contributed by atoms with Crippen LogP contribution < -0.4 is 19.5 Å². The Morgan fingerprint density at radius 3 is 2.24 bits per heavy atom. The molecular weight excluding hydrogens is 326 g/mol. The van der Waals surface area contributed by atoms with E-state index < -0.39 is 5.97 Å². The topological polar surface area (TPSA) is 94.1 Å². The molecule has 2 rings (SSSR count). The molecule has 2 aromatic carbocycles. The van der Waals surface area contributed by atoms with E-state index in [-0.39, 0.29) is 23.8 Å². The molecule has 0 saturated heterocycles. The Morgan fingerprint density at radius 2 is 1.64 bits per heavy atom. The van der Waals surface area contributed by atoms with E-state index in [0.717, 1.165) is 0 Å². The van der Waals surface area contributed by atoms with Crippen molar-refractivity contribution < 1.29 is 28.9 Å². The zero-order valence-electron chi connectivity index (χ0n) is 14.2. The summed E-state index contributed by atoms with van der Waals surface area (Å²) in [6, 6.07) is 9.59. The zero-order valence-corrected chi connectivity index (χ0v) is 14.2. The number of nitrogens with one attached hydrogen (secondary N) is 1. The van der Waals surface area contributed by atoms with Crippen molar-refractivity contribution in [1.29, 1.82) is 0 Å². The van der Waals surface area contributed by atoms with Crippen molar-refractivity contribution in [3.05, 3.63) is 53.1 Å². The lowest BCUT2D eigenvalue weighted by Crippen LogP contribution is -2.23. The fourth-order valence-electron chi connectivity index (χ4n) is 2.30. The summed E-state index contributed by atoms with van der Waals surface area (Å²) >= 11 is 0. The van der Waals surface area contributed by atoms with E-state index in [9.17, 15) is 14.7 Å². The molecule has 0 saturated carbocycles. The first kappa shape index (κ1) is 18.1. The van der Waals surface area contributed by atoms with Crippen molar-refractivity contribution in [3.8, 4) is 17.2 Å². The number of hydrogen-bond donors (Lipinski definition) is 2. The fraction of sp³-hybridized carbons (Fsp3) is 0.222. The van der Waals surface area contributed by atoms with Crippen LogP contribution in [0.2, 0.25) is 0 Å². The standard InChI is InChI=1S/C18H19NO6/c1-23-12-5-6-13(16(9-12)25-3)17(20)19-10-11-4-7-15(24-2)14(8-11)18(21)22/h4-9H,10H2,1-3H3,(H,19,20)(H,21,22). The molecule has 132 valence electrons. The predicted octanol–water partition coefficient (Wildman–Crippen LogP) is 2.34. The molecule has 0 aliphatic carbocycles. The number of aromatic carboxylic acids is 1. The van der Waals surface area contributed by atoms with Gasteiger partial charge in [-0.1, -0.05) is 6.07 Å². The molecule has 2 N–H and O–H groups in total. The van der Waals surface area contributed by atoms with Gasteiger partial charge in [0.05, 0.1) is 26.9 Å². The lowest BCUT2D eigenvalue weighted by molar-refractivity contribution is 0.0693. The second-order valence-corrected chi connectivity index (χ2v) is 5.09. The molecule has 1 amide bonds. The van der Waals surface area contributed by atoms with Crippen LogP contribution in [0, 0.1) is 0 Å². The molecule has 0 unspecified atom stereocenters. The van der Waals surface area contributed by atoms with Crippen LogP contribution in [0.5, 0.6) is 17.2 Å². The van der Waals surface area contributed by atoms with Gasteiger partial charge in [0.1, 0.15) is 22.8 Å². The number of rotatable bonds is 7. The number of carboxylic acid groups (broad SMARTS) is 1. The quantitative estimate of drug-likeness (QED) is 0.800. The van der Waals surface area contributed by atoms with Crippen LogP contribution in [0.3, 0.4) is 0 Å². The first-order valence-corrected chi connectivity index (χ1v) is 7.40. The summed E-state index contributed by atoms with van der Waals surface area (Å²) in [6.07, 6.45) is 0. The molecule has 0 atom stereocenters. The Morgan fingerprint density at radius 1 is 0.920 bits per heavy atom. The number of benzene rings is 2. The third-order valence-electron chi connectivity index (χ3n) is 3.60. The van der Waals surface area contributed by atoms with Crippen molar-refractivity contribution in [2.75, 3.05) is 21.3 Å². The Labute approximate surface area is 145 Å². The summed E-state index contributed by atoms with van der Waals surface area (Å²) in [4.78, 5) is 23.6. The smallest absolute Gasteiger partial charge is 0.339 e. The van der Waals surface area contributed by atoms with E-state index in [1.165, 1.54) is 27.4 Å². The highest BCUT2D eigenvalue weighted by atomic mass is 16.5. The number of hydrogen-bond acceptors (Lipinski definition) is 5. The monoisotopic (exact) mass is 345 g/mol. The van der Waals surface area contributed by atoms with Crippen LogP contribution in [0.4, 0.5) is 0 Å². The average Bonchev–Trinajstić information content (AvgIpc) is 2.65. The second-order valence-electron chi connectivity index (χ2n) is 5.09. The SMILES string of the molecule is COc1ccc(C(=O)NCc2ccc(OC)c(C(=O)O)c2)c(OC)c1. The van der Waals surface area contributed by atoms with Crippen LogP contribution in [-0.2, 0) is 6.54 Å². The molecule has 0 radical (unpaired) electrons. The second kappa shape index (κ2) is 8.05. The molecule has 0 aromatic heterocycles. The predicted molar refractivity (Wildman–Crippen MR) is 90.7 cm³/mol. The lowest BCUT2D eigenvalue weighted by Gasteiger charge is -2.12. The fourth-order valence-corrected chi connectivity index (χ4v) is 2.30. The number of carbonyl (C=O) groups is 2. The molecule has 25 heavy (non-hydrogen) atoms. The van der Waals surface area contributed by atoms with E-state index >= 15 is 0 Å². The van der Waals surface area contributed by atoms with Gasteiger partial charge in [0.25, 0.3) is 5.91 Å². The van der Waals surface area contributed by atoms with E-state index in [1.807, 2.05) is 0 Å². The molecule has 0 aliphatic rings. The molecule has 0 heterocycles. The summed E-state index contributed by atoms with van der Waals surface area (Å²) in [7, 11) is 4.39. The van der Waals surface area contributed by atoms with E-state index in [0.29, 0.717) is 22.6 Å².